The zero-order valence-corrected chi connectivity index (χ0v) is 10.2. The molecule has 0 bridgehead atoms. The Morgan fingerprint density at radius 1 is 1.37 bits per heavy atom. The average molecular weight is 277 g/mol. The van der Waals surface area contributed by atoms with Crippen LogP contribution in [0.3, 0.4) is 0 Å². The molecule has 19 heavy (non-hydrogen) atoms. The lowest BCUT2D eigenvalue weighted by atomic mass is 10.3. The number of carboxylic acid groups (broad SMARTS) is 1. The number of carboxylic acids is 1. The molecule has 0 amide bonds. The van der Waals surface area contributed by atoms with E-state index in [4.69, 9.17) is 5.11 Å². The van der Waals surface area contributed by atoms with Crippen LogP contribution in [0.15, 0.2) is 46.6 Å². The molecule has 0 aliphatic carbocycles. The highest BCUT2D eigenvalue weighted by Crippen LogP contribution is 2.33. The van der Waals surface area contributed by atoms with Crippen molar-refractivity contribution in [1.29, 1.82) is 0 Å². The molecular formula is C11H7N3O4S. The fourth-order valence-electron chi connectivity index (χ4n) is 1.32. The molecule has 0 aromatic carbocycles. The van der Waals surface area contributed by atoms with Gasteiger partial charge in [-0.1, -0.05) is 11.8 Å². The normalized spacial score (nSPS) is 10.1. The van der Waals surface area contributed by atoms with E-state index in [0.717, 1.165) is 18.0 Å². The van der Waals surface area contributed by atoms with Gasteiger partial charge in [0.2, 0.25) is 0 Å². The Morgan fingerprint density at radius 2 is 2.16 bits per heavy atom. The molecule has 0 atom stereocenters. The molecule has 2 rings (SSSR count). The van der Waals surface area contributed by atoms with Gasteiger partial charge in [-0.15, -0.1) is 0 Å². The van der Waals surface area contributed by atoms with Gasteiger partial charge in [-0.05, 0) is 18.2 Å². The van der Waals surface area contributed by atoms with Crippen LogP contribution in [0.5, 0.6) is 0 Å². The molecule has 0 aliphatic rings. The predicted octanol–water partition coefficient (Wildman–Crippen LogP) is 2.23. The molecule has 96 valence electrons. The molecule has 2 heterocycles. The third kappa shape index (κ3) is 3.05. The van der Waals surface area contributed by atoms with Crippen LogP contribution in [0.4, 0.5) is 5.69 Å². The fourth-order valence-corrected chi connectivity index (χ4v) is 2.23. The summed E-state index contributed by atoms with van der Waals surface area (Å²) in [6.07, 6.45) is 3.94. The Morgan fingerprint density at radius 3 is 2.84 bits per heavy atom. The van der Waals surface area contributed by atoms with Gasteiger partial charge in [0.25, 0.3) is 0 Å². The Kier molecular flexibility index (Phi) is 3.71. The van der Waals surface area contributed by atoms with E-state index < -0.39 is 10.9 Å². The van der Waals surface area contributed by atoms with Crippen LogP contribution in [0.2, 0.25) is 0 Å². The summed E-state index contributed by atoms with van der Waals surface area (Å²) in [7, 11) is 0. The van der Waals surface area contributed by atoms with Crippen molar-refractivity contribution < 1.29 is 14.8 Å². The van der Waals surface area contributed by atoms with Crippen molar-refractivity contribution in [2.75, 3.05) is 0 Å². The molecule has 0 spiro atoms. The summed E-state index contributed by atoms with van der Waals surface area (Å²) in [6.45, 7) is 0. The Labute approximate surface area is 111 Å². The molecule has 0 unspecified atom stereocenters. The van der Waals surface area contributed by atoms with Crippen molar-refractivity contribution in [3.8, 4) is 0 Å². The van der Waals surface area contributed by atoms with Gasteiger partial charge in [-0.3, -0.25) is 15.1 Å². The van der Waals surface area contributed by atoms with E-state index in [9.17, 15) is 14.9 Å². The first-order valence-corrected chi connectivity index (χ1v) is 5.85. The van der Waals surface area contributed by atoms with E-state index in [2.05, 4.69) is 9.97 Å². The van der Waals surface area contributed by atoms with Gasteiger partial charge in [0.1, 0.15) is 11.9 Å². The molecule has 2 aromatic heterocycles. The summed E-state index contributed by atoms with van der Waals surface area (Å²) in [5.41, 5.74) is -0.233. The second kappa shape index (κ2) is 5.44. The van der Waals surface area contributed by atoms with Crippen LogP contribution in [0.1, 0.15) is 10.5 Å². The van der Waals surface area contributed by atoms with Crippen molar-refractivity contribution in [2.24, 2.45) is 0 Å². The number of hydrogen-bond acceptors (Lipinski definition) is 6. The van der Waals surface area contributed by atoms with Gasteiger partial charge in [0.05, 0.1) is 9.82 Å². The number of hydrogen-bond donors (Lipinski definition) is 1. The Bertz CT molecular complexity index is 647. The minimum absolute atomic E-state index is 0.110. The highest BCUT2D eigenvalue weighted by molar-refractivity contribution is 7.99. The minimum atomic E-state index is -1.15. The number of nitrogens with zero attached hydrogens (tertiary/aromatic N) is 3. The number of carbonyl (C=O) groups is 1. The molecule has 2 aromatic rings. The molecule has 0 fully saturated rings. The summed E-state index contributed by atoms with van der Waals surface area (Å²) in [5.74, 6) is -1.15. The number of aromatic nitrogens is 2. The van der Waals surface area contributed by atoms with E-state index >= 15 is 0 Å². The molecule has 7 nitrogen and oxygen atoms in total. The molecule has 0 saturated carbocycles. The predicted molar refractivity (Wildman–Crippen MR) is 66.2 cm³/mol. The van der Waals surface area contributed by atoms with Crippen LogP contribution in [-0.2, 0) is 0 Å². The minimum Gasteiger partial charge on any atom is -0.477 e. The summed E-state index contributed by atoms with van der Waals surface area (Å²) in [5, 5.41) is 19.7. The highest BCUT2D eigenvalue weighted by Gasteiger charge is 2.15. The van der Waals surface area contributed by atoms with Crippen LogP contribution >= 0.6 is 11.8 Å². The van der Waals surface area contributed by atoms with Crippen LogP contribution in [-0.4, -0.2) is 26.0 Å². The summed E-state index contributed by atoms with van der Waals surface area (Å²) >= 11 is 1.09. The maximum absolute atomic E-state index is 10.8. The first-order chi connectivity index (χ1) is 9.08. The lowest BCUT2D eigenvalue weighted by Gasteiger charge is -2.02. The van der Waals surface area contributed by atoms with Gasteiger partial charge in [0.15, 0.2) is 0 Å². The third-order valence-electron chi connectivity index (χ3n) is 2.14. The first-order valence-electron chi connectivity index (χ1n) is 5.03. The zero-order chi connectivity index (χ0) is 13.8. The highest BCUT2D eigenvalue weighted by atomic mass is 32.2. The van der Waals surface area contributed by atoms with Crippen LogP contribution < -0.4 is 0 Å². The molecule has 0 saturated heterocycles. The lowest BCUT2D eigenvalue weighted by Crippen LogP contribution is -1.99. The fraction of sp³-hybridized carbons (Fsp3) is 0. The molecule has 0 radical (unpaired) electrons. The number of nitro groups is 1. The quantitative estimate of drug-likeness (QED) is 0.674. The van der Waals surface area contributed by atoms with E-state index in [1.165, 1.54) is 24.5 Å². The summed E-state index contributed by atoms with van der Waals surface area (Å²) < 4.78 is 0. The Hall–Kier alpha value is -2.48. The van der Waals surface area contributed by atoms with Crippen molar-refractivity contribution in [3.05, 3.63) is 52.6 Å². The number of rotatable bonds is 4. The van der Waals surface area contributed by atoms with Crippen LogP contribution in [0, 0.1) is 10.1 Å². The van der Waals surface area contributed by atoms with Gasteiger partial charge in [-0.2, -0.15) is 0 Å². The smallest absolute Gasteiger partial charge is 0.354 e. The van der Waals surface area contributed by atoms with Gasteiger partial charge >= 0.3 is 11.7 Å². The summed E-state index contributed by atoms with van der Waals surface area (Å²) in [6, 6.07) is 4.45. The second-order valence-corrected chi connectivity index (χ2v) is 4.50. The molecular weight excluding hydrogens is 270 g/mol. The van der Waals surface area contributed by atoms with Crippen molar-refractivity contribution in [3.63, 3.8) is 0 Å². The van der Waals surface area contributed by atoms with Gasteiger partial charge in [-0.25, -0.2) is 9.78 Å². The third-order valence-corrected chi connectivity index (χ3v) is 3.19. The number of pyridine rings is 2. The van der Waals surface area contributed by atoms with Crippen molar-refractivity contribution in [1.82, 2.24) is 9.97 Å². The van der Waals surface area contributed by atoms with E-state index in [1.807, 2.05) is 0 Å². The maximum atomic E-state index is 10.8. The van der Waals surface area contributed by atoms with Crippen molar-refractivity contribution >= 4 is 23.4 Å². The standard InChI is InChI=1S/C11H7N3O4S/c15-11(16)8-5-7(1-4-13-8)19-10-2-3-12-6-9(10)14(17)18/h1-6H,(H,15,16). The van der Waals surface area contributed by atoms with Gasteiger partial charge in [0, 0.05) is 17.3 Å². The largest absolute Gasteiger partial charge is 0.477 e. The van der Waals surface area contributed by atoms with E-state index in [-0.39, 0.29) is 11.4 Å². The maximum Gasteiger partial charge on any atom is 0.354 e. The molecule has 1 N–H and O–H groups in total. The Balaban J connectivity index is 2.34. The lowest BCUT2D eigenvalue weighted by molar-refractivity contribution is -0.388. The topological polar surface area (TPSA) is 106 Å². The molecule has 0 aliphatic heterocycles. The molecule has 8 heteroatoms. The average Bonchev–Trinajstić information content (AvgIpc) is 2.39. The first kappa shape index (κ1) is 13.0. The van der Waals surface area contributed by atoms with Gasteiger partial charge < -0.3 is 5.11 Å². The van der Waals surface area contributed by atoms with E-state index in [1.54, 1.807) is 6.07 Å². The SMILES string of the molecule is O=C(O)c1cc(Sc2ccncc2[N+](=O)[O-])ccn1. The van der Waals surface area contributed by atoms with Crippen LogP contribution in [0.25, 0.3) is 0 Å². The monoisotopic (exact) mass is 277 g/mol. The number of aromatic carboxylic acids is 1. The van der Waals surface area contributed by atoms with E-state index in [0.29, 0.717) is 9.79 Å². The summed E-state index contributed by atoms with van der Waals surface area (Å²) in [4.78, 5) is 29.4. The second-order valence-electron chi connectivity index (χ2n) is 3.38. The van der Waals surface area contributed by atoms with Crippen molar-refractivity contribution in [2.45, 2.75) is 9.79 Å². The zero-order valence-electron chi connectivity index (χ0n) is 9.39.